The molecule has 5 nitrogen and oxygen atoms in total. The third kappa shape index (κ3) is 3.26. The molecule has 2 aromatic rings. The molecule has 0 bridgehead atoms. The highest BCUT2D eigenvalue weighted by atomic mass is 32.1. The molecule has 0 atom stereocenters. The number of aromatic carboxylic acids is 1. The lowest BCUT2D eigenvalue weighted by molar-refractivity contribution is 0.0696. The molecular formula is C13H10N2O3S. The van der Waals surface area contributed by atoms with Crippen molar-refractivity contribution in [1.82, 2.24) is 5.43 Å². The number of hydrazone groups is 1. The van der Waals surface area contributed by atoms with Crippen LogP contribution < -0.4 is 5.43 Å². The van der Waals surface area contributed by atoms with E-state index < -0.39 is 5.97 Å². The number of carboxylic acid groups (broad SMARTS) is 1. The summed E-state index contributed by atoms with van der Waals surface area (Å²) >= 11 is 1.31. The molecule has 1 heterocycles. The first kappa shape index (κ1) is 13.0. The van der Waals surface area contributed by atoms with Crippen molar-refractivity contribution in [2.45, 2.75) is 0 Å². The predicted molar refractivity (Wildman–Crippen MR) is 72.8 cm³/mol. The number of thiophene rings is 1. The predicted octanol–water partition coefficient (Wildman–Crippen LogP) is 2.21. The molecule has 0 radical (unpaired) electrons. The van der Waals surface area contributed by atoms with E-state index in [2.05, 4.69) is 10.5 Å². The zero-order valence-electron chi connectivity index (χ0n) is 9.74. The van der Waals surface area contributed by atoms with E-state index in [4.69, 9.17) is 5.11 Å². The van der Waals surface area contributed by atoms with Gasteiger partial charge in [-0.2, -0.15) is 5.10 Å². The number of carbonyl (C=O) groups is 2. The summed E-state index contributed by atoms with van der Waals surface area (Å²) in [7, 11) is 0. The van der Waals surface area contributed by atoms with Gasteiger partial charge in [-0.15, -0.1) is 11.3 Å². The van der Waals surface area contributed by atoms with Crippen LogP contribution >= 0.6 is 11.3 Å². The van der Waals surface area contributed by atoms with Crippen LogP contribution in [0.4, 0.5) is 0 Å². The molecule has 0 saturated carbocycles. The summed E-state index contributed by atoms with van der Waals surface area (Å²) in [6, 6.07) is 9.87. The maximum Gasteiger partial charge on any atom is 0.336 e. The van der Waals surface area contributed by atoms with Gasteiger partial charge in [0.25, 0.3) is 5.91 Å². The molecule has 19 heavy (non-hydrogen) atoms. The van der Waals surface area contributed by atoms with Gasteiger partial charge in [-0.1, -0.05) is 24.3 Å². The van der Waals surface area contributed by atoms with Crippen molar-refractivity contribution < 1.29 is 14.7 Å². The summed E-state index contributed by atoms with van der Waals surface area (Å²) in [4.78, 5) is 23.1. The molecule has 96 valence electrons. The van der Waals surface area contributed by atoms with Crippen LogP contribution in [-0.2, 0) is 0 Å². The van der Waals surface area contributed by atoms with E-state index in [-0.39, 0.29) is 11.5 Å². The van der Waals surface area contributed by atoms with Gasteiger partial charge in [0.05, 0.1) is 16.7 Å². The first-order chi connectivity index (χ1) is 9.18. The van der Waals surface area contributed by atoms with Crippen molar-refractivity contribution >= 4 is 29.4 Å². The van der Waals surface area contributed by atoms with E-state index in [9.17, 15) is 9.59 Å². The van der Waals surface area contributed by atoms with Gasteiger partial charge in [0.15, 0.2) is 0 Å². The van der Waals surface area contributed by atoms with E-state index in [1.165, 1.54) is 23.6 Å². The summed E-state index contributed by atoms with van der Waals surface area (Å²) in [6.45, 7) is 0. The maximum absolute atomic E-state index is 11.6. The van der Waals surface area contributed by atoms with Crippen LogP contribution in [0.1, 0.15) is 25.6 Å². The van der Waals surface area contributed by atoms with Crippen molar-refractivity contribution in [3.05, 3.63) is 57.8 Å². The standard InChI is InChI=1S/C13H10N2O3S/c16-12(11-6-3-7-19-11)15-14-8-9-4-1-2-5-10(9)13(17)18/h1-8H,(H,15,16)(H,17,18). The SMILES string of the molecule is O=C(NN=Cc1ccccc1C(=O)O)c1cccs1. The Bertz CT molecular complexity index is 621. The number of carbonyl (C=O) groups excluding carboxylic acids is 1. The third-order valence-corrected chi connectivity index (χ3v) is 3.17. The molecular weight excluding hydrogens is 264 g/mol. The van der Waals surface area contributed by atoms with Crippen LogP contribution in [0.25, 0.3) is 0 Å². The summed E-state index contributed by atoms with van der Waals surface area (Å²) < 4.78 is 0. The van der Waals surface area contributed by atoms with E-state index >= 15 is 0 Å². The fourth-order valence-corrected chi connectivity index (χ4v) is 2.04. The van der Waals surface area contributed by atoms with E-state index in [1.54, 1.807) is 35.7 Å². The van der Waals surface area contributed by atoms with Crippen molar-refractivity contribution in [3.8, 4) is 0 Å². The molecule has 1 amide bonds. The Labute approximate surface area is 113 Å². The van der Waals surface area contributed by atoms with Gasteiger partial charge in [-0.25, -0.2) is 10.2 Å². The number of nitrogens with one attached hydrogen (secondary N) is 1. The van der Waals surface area contributed by atoms with Crippen LogP contribution in [0, 0.1) is 0 Å². The minimum atomic E-state index is -1.04. The fraction of sp³-hybridized carbons (Fsp3) is 0. The number of carboxylic acids is 1. The normalized spacial score (nSPS) is 10.5. The summed E-state index contributed by atoms with van der Waals surface area (Å²) in [5.74, 6) is -1.36. The number of rotatable bonds is 4. The van der Waals surface area contributed by atoms with Crippen molar-refractivity contribution in [2.24, 2.45) is 5.10 Å². The number of amides is 1. The summed E-state index contributed by atoms with van der Waals surface area (Å²) in [5, 5.41) is 14.5. The molecule has 2 N–H and O–H groups in total. The minimum Gasteiger partial charge on any atom is -0.478 e. The Morgan fingerprint density at radius 1 is 1.21 bits per heavy atom. The van der Waals surface area contributed by atoms with E-state index in [0.29, 0.717) is 10.4 Å². The minimum absolute atomic E-state index is 0.136. The molecule has 0 fully saturated rings. The topological polar surface area (TPSA) is 78.8 Å². The van der Waals surface area contributed by atoms with Gasteiger partial charge in [0, 0.05) is 5.56 Å². The highest BCUT2D eigenvalue weighted by Gasteiger charge is 2.07. The molecule has 0 unspecified atom stereocenters. The highest BCUT2D eigenvalue weighted by Crippen LogP contribution is 2.08. The van der Waals surface area contributed by atoms with Gasteiger partial charge >= 0.3 is 5.97 Å². The van der Waals surface area contributed by atoms with Crippen LogP contribution in [0.3, 0.4) is 0 Å². The molecule has 1 aromatic carbocycles. The lowest BCUT2D eigenvalue weighted by Crippen LogP contribution is -2.16. The van der Waals surface area contributed by atoms with Gasteiger partial charge in [0.2, 0.25) is 0 Å². The molecule has 1 aromatic heterocycles. The van der Waals surface area contributed by atoms with Crippen LogP contribution in [0.5, 0.6) is 0 Å². The Kier molecular flexibility index (Phi) is 4.04. The Hall–Kier alpha value is -2.47. The molecule has 2 rings (SSSR count). The first-order valence-corrected chi connectivity index (χ1v) is 6.25. The number of benzene rings is 1. The van der Waals surface area contributed by atoms with Gasteiger partial charge in [-0.3, -0.25) is 4.79 Å². The summed E-state index contributed by atoms with van der Waals surface area (Å²) in [6.07, 6.45) is 1.31. The summed E-state index contributed by atoms with van der Waals surface area (Å²) in [5.41, 5.74) is 2.92. The molecule has 6 heteroatoms. The molecule has 0 spiro atoms. The molecule has 0 aliphatic rings. The van der Waals surface area contributed by atoms with Gasteiger partial charge < -0.3 is 5.11 Å². The van der Waals surface area contributed by atoms with E-state index in [0.717, 1.165) is 0 Å². The fourth-order valence-electron chi connectivity index (χ4n) is 1.43. The number of hydrogen-bond acceptors (Lipinski definition) is 4. The van der Waals surface area contributed by atoms with Gasteiger partial charge in [0.1, 0.15) is 0 Å². The zero-order valence-corrected chi connectivity index (χ0v) is 10.6. The first-order valence-electron chi connectivity index (χ1n) is 5.37. The molecule has 0 aliphatic heterocycles. The second-order valence-electron chi connectivity index (χ2n) is 3.57. The smallest absolute Gasteiger partial charge is 0.336 e. The lowest BCUT2D eigenvalue weighted by Gasteiger charge is -1.99. The van der Waals surface area contributed by atoms with E-state index in [1.807, 2.05) is 0 Å². The van der Waals surface area contributed by atoms with Gasteiger partial charge in [-0.05, 0) is 17.5 Å². The van der Waals surface area contributed by atoms with Crippen molar-refractivity contribution in [2.75, 3.05) is 0 Å². The number of nitrogens with zero attached hydrogens (tertiary/aromatic N) is 1. The lowest BCUT2D eigenvalue weighted by atomic mass is 10.1. The van der Waals surface area contributed by atoms with Crippen LogP contribution in [-0.4, -0.2) is 23.2 Å². The monoisotopic (exact) mass is 274 g/mol. The maximum atomic E-state index is 11.6. The Morgan fingerprint density at radius 2 is 2.00 bits per heavy atom. The number of hydrogen-bond donors (Lipinski definition) is 2. The average Bonchev–Trinajstić information content (AvgIpc) is 2.93. The second kappa shape index (κ2) is 5.92. The molecule has 0 saturated heterocycles. The largest absolute Gasteiger partial charge is 0.478 e. The molecule has 0 aliphatic carbocycles. The third-order valence-electron chi connectivity index (χ3n) is 2.31. The van der Waals surface area contributed by atoms with Crippen LogP contribution in [0.2, 0.25) is 0 Å². The highest BCUT2D eigenvalue weighted by molar-refractivity contribution is 7.12. The Morgan fingerprint density at radius 3 is 2.68 bits per heavy atom. The van der Waals surface area contributed by atoms with Crippen molar-refractivity contribution in [1.29, 1.82) is 0 Å². The quantitative estimate of drug-likeness (QED) is 0.662. The second-order valence-corrected chi connectivity index (χ2v) is 4.52. The van der Waals surface area contributed by atoms with Crippen LogP contribution in [0.15, 0.2) is 46.9 Å². The average molecular weight is 274 g/mol. The Balaban J connectivity index is 2.07. The zero-order chi connectivity index (χ0) is 13.7. The van der Waals surface area contributed by atoms with Crippen molar-refractivity contribution in [3.63, 3.8) is 0 Å².